The summed E-state index contributed by atoms with van der Waals surface area (Å²) in [6.07, 6.45) is 0.990. The molecule has 0 fully saturated rings. The van der Waals surface area contributed by atoms with Crippen molar-refractivity contribution in [1.29, 1.82) is 0 Å². The van der Waals surface area contributed by atoms with E-state index in [1.807, 2.05) is 31.3 Å². The van der Waals surface area contributed by atoms with Gasteiger partial charge >= 0.3 is 0 Å². The Hall–Kier alpha value is -1.88. The Balaban J connectivity index is 2.23. The first-order chi connectivity index (χ1) is 9.24. The summed E-state index contributed by atoms with van der Waals surface area (Å²) < 4.78 is 12.4. The van der Waals surface area contributed by atoms with Crippen LogP contribution in [0.3, 0.4) is 0 Å². The molecule has 0 radical (unpaired) electrons. The van der Waals surface area contributed by atoms with Crippen LogP contribution in [0.1, 0.15) is 19.2 Å². The maximum Gasteiger partial charge on any atom is 0.181 e. The molecule has 0 saturated carbocycles. The molecule has 102 valence electrons. The zero-order valence-corrected chi connectivity index (χ0v) is 11.6. The minimum atomic E-state index is 0.454. The first kappa shape index (κ1) is 13.5. The van der Waals surface area contributed by atoms with E-state index in [0.29, 0.717) is 19.0 Å². The molecule has 0 unspecified atom stereocenters. The Morgan fingerprint density at radius 2 is 2.16 bits per heavy atom. The fourth-order valence-corrected chi connectivity index (χ4v) is 1.74. The largest absolute Gasteiger partial charge is 0.494 e. The summed E-state index contributed by atoms with van der Waals surface area (Å²) in [6, 6.07) is 7.83. The first-order valence-electron chi connectivity index (χ1n) is 6.36. The summed E-state index contributed by atoms with van der Waals surface area (Å²) in [6.45, 7) is 3.25. The Kier molecular flexibility index (Phi) is 4.52. The van der Waals surface area contributed by atoms with Crippen molar-refractivity contribution < 1.29 is 9.47 Å². The van der Waals surface area contributed by atoms with Gasteiger partial charge in [0.2, 0.25) is 0 Å². The van der Waals surface area contributed by atoms with Crippen molar-refractivity contribution in [3.8, 4) is 17.1 Å². The van der Waals surface area contributed by atoms with Crippen LogP contribution in [-0.4, -0.2) is 28.5 Å². The maximum absolute atomic E-state index is 5.61. The highest BCUT2D eigenvalue weighted by atomic mass is 16.5. The molecule has 2 rings (SSSR count). The third-order valence-electron chi connectivity index (χ3n) is 2.69. The van der Waals surface area contributed by atoms with E-state index in [1.54, 1.807) is 11.8 Å². The molecule has 19 heavy (non-hydrogen) atoms. The number of benzene rings is 1. The number of aryl methyl sites for hydroxylation is 1. The van der Waals surface area contributed by atoms with Gasteiger partial charge in [0.25, 0.3) is 0 Å². The summed E-state index contributed by atoms with van der Waals surface area (Å²) in [5.74, 6) is 2.34. The van der Waals surface area contributed by atoms with Gasteiger partial charge < -0.3 is 9.47 Å². The van der Waals surface area contributed by atoms with E-state index in [1.165, 1.54) is 0 Å². The SMILES string of the molecule is CCCOc1cccc(-c2nc(COC)n(C)n2)c1. The monoisotopic (exact) mass is 261 g/mol. The van der Waals surface area contributed by atoms with Crippen LogP contribution in [0.15, 0.2) is 24.3 Å². The second kappa shape index (κ2) is 6.33. The van der Waals surface area contributed by atoms with Gasteiger partial charge in [-0.1, -0.05) is 19.1 Å². The number of ether oxygens (including phenoxy) is 2. The van der Waals surface area contributed by atoms with E-state index >= 15 is 0 Å². The molecular weight excluding hydrogens is 242 g/mol. The molecule has 0 aliphatic rings. The molecule has 1 aromatic carbocycles. The molecule has 0 aliphatic carbocycles. The summed E-state index contributed by atoms with van der Waals surface area (Å²) >= 11 is 0. The molecule has 1 heterocycles. The number of rotatable bonds is 6. The van der Waals surface area contributed by atoms with Gasteiger partial charge in [-0.15, -0.1) is 0 Å². The van der Waals surface area contributed by atoms with Crippen LogP contribution in [0.25, 0.3) is 11.4 Å². The van der Waals surface area contributed by atoms with Crippen LogP contribution in [0.2, 0.25) is 0 Å². The minimum absolute atomic E-state index is 0.454. The van der Waals surface area contributed by atoms with Crippen LogP contribution in [-0.2, 0) is 18.4 Å². The highest BCUT2D eigenvalue weighted by molar-refractivity contribution is 5.57. The molecule has 2 aromatic rings. The number of methoxy groups -OCH3 is 1. The minimum Gasteiger partial charge on any atom is -0.494 e. The lowest BCUT2D eigenvalue weighted by atomic mass is 10.2. The van der Waals surface area contributed by atoms with Crippen molar-refractivity contribution in [3.63, 3.8) is 0 Å². The number of nitrogens with zero attached hydrogens (tertiary/aromatic N) is 3. The predicted molar refractivity (Wildman–Crippen MR) is 72.9 cm³/mol. The van der Waals surface area contributed by atoms with Gasteiger partial charge in [0, 0.05) is 19.7 Å². The molecule has 0 atom stereocenters. The van der Waals surface area contributed by atoms with Crippen LogP contribution < -0.4 is 4.74 Å². The topological polar surface area (TPSA) is 49.2 Å². The fraction of sp³-hybridized carbons (Fsp3) is 0.429. The third-order valence-corrected chi connectivity index (χ3v) is 2.69. The van der Waals surface area contributed by atoms with Gasteiger partial charge in [-0.25, -0.2) is 4.98 Å². The van der Waals surface area contributed by atoms with Crippen molar-refractivity contribution in [2.24, 2.45) is 7.05 Å². The fourth-order valence-electron chi connectivity index (χ4n) is 1.74. The first-order valence-corrected chi connectivity index (χ1v) is 6.36. The molecule has 0 saturated heterocycles. The van der Waals surface area contributed by atoms with Crippen molar-refractivity contribution in [3.05, 3.63) is 30.1 Å². The number of hydrogen-bond donors (Lipinski definition) is 0. The van der Waals surface area contributed by atoms with Crippen LogP contribution >= 0.6 is 0 Å². The van der Waals surface area contributed by atoms with E-state index in [-0.39, 0.29) is 0 Å². The second-order valence-electron chi connectivity index (χ2n) is 4.28. The quantitative estimate of drug-likeness (QED) is 0.801. The molecular formula is C14H19N3O2. The van der Waals surface area contributed by atoms with E-state index < -0.39 is 0 Å². The van der Waals surface area contributed by atoms with Gasteiger partial charge in [-0.05, 0) is 18.6 Å². The third kappa shape index (κ3) is 3.32. The van der Waals surface area contributed by atoms with Gasteiger partial charge in [-0.2, -0.15) is 5.10 Å². The Labute approximate surface area is 113 Å². The Morgan fingerprint density at radius 1 is 1.32 bits per heavy atom. The lowest BCUT2D eigenvalue weighted by Gasteiger charge is -2.04. The maximum atomic E-state index is 5.61. The highest BCUT2D eigenvalue weighted by Crippen LogP contribution is 2.21. The van der Waals surface area contributed by atoms with Gasteiger partial charge in [-0.3, -0.25) is 4.68 Å². The van der Waals surface area contributed by atoms with E-state index in [9.17, 15) is 0 Å². The molecule has 0 amide bonds. The molecule has 0 N–H and O–H groups in total. The molecule has 5 nitrogen and oxygen atoms in total. The lowest BCUT2D eigenvalue weighted by molar-refractivity contribution is 0.174. The van der Waals surface area contributed by atoms with Gasteiger partial charge in [0.15, 0.2) is 11.6 Å². The summed E-state index contributed by atoms with van der Waals surface area (Å²) in [5, 5.41) is 4.39. The normalized spacial score (nSPS) is 10.7. The van der Waals surface area contributed by atoms with Gasteiger partial charge in [0.05, 0.1) is 6.61 Å². The molecule has 5 heteroatoms. The van der Waals surface area contributed by atoms with Gasteiger partial charge in [0.1, 0.15) is 12.4 Å². The van der Waals surface area contributed by atoms with E-state index in [2.05, 4.69) is 17.0 Å². The summed E-state index contributed by atoms with van der Waals surface area (Å²) in [7, 11) is 3.51. The van der Waals surface area contributed by atoms with Crippen molar-refractivity contribution >= 4 is 0 Å². The van der Waals surface area contributed by atoms with Crippen molar-refractivity contribution in [2.45, 2.75) is 20.0 Å². The molecule has 1 aromatic heterocycles. The average molecular weight is 261 g/mol. The number of hydrogen-bond acceptors (Lipinski definition) is 4. The highest BCUT2D eigenvalue weighted by Gasteiger charge is 2.09. The van der Waals surface area contributed by atoms with E-state index in [0.717, 1.165) is 23.6 Å². The molecule has 0 bridgehead atoms. The summed E-state index contributed by atoms with van der Waals surface area (Å²) in [5.41, 5.74) is 0.951. The average Bonchev–Trinajstić information content (AvgIpc) is 2.79. The molecule has 0 spiro atoms. The molecule has 0 aliphatic heterocycles. The number of aromatic nitrogens is 3. The lowest BCUT2D eigenvalue weighted by Crippen LogP contribution is -2.00. The Bertz CT molecular complexity index is 537. The van der Waals surface area contributed by atoms with Crippen LogP contribution in [0.5, 0.6) is 5.75 Å². The Morgan fingerprint density at radius 3 is 2.89 bits per heavy atom. The zero-order valence-electron chi connectivity index (χ0n) is 11.6. The predicted octanol–water partition coefficient (Wildman–Crippen LogP) is 2.42. The van der Waals surface area contributed by atoms with Crippen molar-refractivity contribution in [2.75, 3.05) is 13.7 Å². The zero-order chi connectivity index (χ0) is 13.7. The standard InChI is InChI=1S/C14H19N3O2/c1-4-8-19-12-7-5-6-11(9-12)14-15-13(10-18-3)17(2)16-14/h5-7,9H,4,8,10H2,1-3H3. The summed E-state index contributed by atoms with van der Waals surface area (Å²) in [4.78, 5) is 4.46. The second-order valence-corrected chi connectivity index (χ2v) is 4.28. The van der Waals surface area contributed by atoms with Crippen LogP contribution in [0, 0.1) is 0 Å². The van der Waals surface area contributed by atoms with E-state index in [4.69, 9.17) is 9.47 Å². The van der Waals surface area contributed by atoms with Crippen LogP contribution in [0.4, 0.5) is 0 Å². The smallest absolute Gasteiger partial charge is 0.181 e. The van der Waals surface area contributed by atoms with Crippen molar-refractivity contribution in [1.82, 2.24) is 14.8 Å².